The topological polar surface area (TPSA) is 88.2 Å². The lowest BCUT2D eigenvalue weighted by atomic mass is 10.1. The minimum absolute atomic E-state index is 0.0456. The Balaban J connectivity index is 2.82. The van der Waals surface area contributed by atoms with E-state index in [1.54, 1.807) is 6.07 Å². The highest BCUT2D eigenvalue weighted by Crippen LogP contribution is 2.22. The van der Waals surface area contributed by atoms with E-state index in [4.69, 9.17) is 10.00 Å². The van der Waals surface area contributed by atoms with Crippen molar-refractivity contribution in [3.8, 4) is 6.07 Å². The van der Waals surface area contributed by atoms with Crippen LogP contribution in [0.5, 0.6) is 0 Å². The number of benzene rings is 1. The Hall–Kier alpha value is -2.13. The van der Waals surface area contributed by atoms with Gasteiger partial charge in [0.15, 0.2) is 0 Å². The van der Waals surface area contributed by atoms with E-state index < -0.39 is 4.92 Å². The molecule has 1 aromatic rings. The molecule has 6 heteroatoms. The average Bonchev–Trinajstić information content (AvgIpc) is 2.35. The summed E-state index contributed by atoms with van der Waals surface area (Å²) in [5.41, 5.74) is 0.180. The molecule has 1 N–H and O–H groups in total. The summed E-state index contributed by atoms with van der Waals surface area (Å²) in [4.78, 5) is 10.1. The lowest BCUT2D eigenvalue weighted by Gasteiger charge is -2.25. The van der Waals surface area contributed by atoms with Gasteiger partial charge in [0.05, 0.1) is 10.5 Å². The molecule has 1 aromatic carbocycles. The maximum absolute atomic E-state index is 10.7. The Morgan fingerprint density at radius 3 is 2.74 bits per heavy atom. The normalized spacial score (nSPS) is 10.8. The van der Waals surface area contributed by atoms with Gasteiger partial charge < -0.3 is 10.1 Å². The molecule has 102 valence electrons. The predicted octanol–water partition coefficient (Wildman–Crippen LogP) is 2.69. The highest BCUT2D eigenvalue weighted by molar-refractivity contribution is 5.58. The molecule has 0 saturated carbocycles. The second kappa shape index (κ2) is 6.16. The maximum Gasteiger partial charge on any atom is 0.287 e. The largest absolute Gasteiger partial charge is 0.382 e. The van der Waals surface area contributed by atoms with E-state index in [0.717, 1.165) is 0 Å². The van der Waals surface area contributed by atoms with Gasteiger partial charge in [0.1, 0.15) is 11.6 Å². The molecule has 0 bridgehead atoms. The summed E-state index contributed by atoms with van der Waals surface area (Å²) in [6.45, 7) is 6.96. The molecule has 0 atom stereocenters. The summed E-state index contributed by atoms with van der Waals surface area (Å²) in [6.07, 6.45) is 0. The zero-order chi connectivity index (χ0) is 14.5. The second-order valence-corrected chi connectivity index (χ2v) is 4.65. The molecule has 0 radical (unpaired) electrons. The van der Waals surface area contributed by atoms with E-state index in [1.807, 2.05) is 26.8 Å². The summed E-state index contributed by atoms with van der Waals surface area (Å²) in [6, 6.07) is 6.21. The van der Waals surface area contributed by atoms with Crippen LogP contribution in [0.4, 0.5) is 11.4 Å². The molecule has 19 heavy (non-hydrogen) atoms. The standard InChI is InChI=1S/C13H17N3O3/c1-4-19-13(2,3)9-15-11-5-6-12(16(17)18)10(7-11)8-14/h5-7,15H,4,9H2,1-3H3. The molecule has 0 unspecified atom stereocenters. The number of rotatable bonds is 6. The lowest BCUT2D eigenvalue weighted by Crippen LogP contribution is -2.33. The number of nitrogens with one attached hydrogen (secondary N) is 1. The van der Waals surface area contributed by atoms with Crippen LogP contribution in [0.2, 0.25) is 0 Å². The number of nitriles is 1. The molecule has 0 aliphatic rings. The highest BCUT2D eigenvalue weighted by Gasteiger charge is 2.18. The van der Waals surface area contributed by atoms with Gasteiger partial charge in [0, 0.05) is 24.9 Å². The Morgan fingerprint density at radius 1 is 1.53 bits per heavy atom. The van der Waals surface area contributed by atoms with Crippen molar-refractivity contribution in [1.82, 2.24) is 0 Å². The highest BCUT2D eigenvalue weighted by atomic mass is 16.6. The molecule has 0 aliphatic heterocycles. The minimum atomic E-state index is -0.563. The molecular formula is C13H17N3O3. The van der Waals surface area contributed by atoms with Crippen LogP contribution in [0.3, 0.4) is 0 Å². The van der Waals surface area contributed by atoms with Crippen LogP contribution in [0, 0.1) is 21.4 Å². The SMILES string of the molecule is CCOC(C)(C)CNc1ccc([N+](=O)[O-])c(C#N)c1. The first kappa shape index (κ1) is 14.9. The summed E-state index contributed by atoms with van der Waals surface area (Å²) in [7, 11) is 0. The van der Waals surface area contributed by atoms with Crippen LogP contribution in [-0.2, 0) is 4.74 Å². The van der Waals surface area contributed by atoms with Gasteiger partial charge in [-0.2, -0.15) is 5.26 Å². The molecule has 0 amide bonds. The quantitative estimate of drug-likeness (QED) is 0.629. The third-order valence-electron chi connectivity index (χ3n) is 2.57. The third-order valence-corrected chi connectivity index (χ3v) is 2.57. The summed E-state index contributed by atoms with van der Waals surface area (Å²) in [5, 5.41) is 22.7. The minimum Gasteiger partial charge on any atom is -0.382 e. The lowest BCUT2D eigenvalue weighted by molar-refractivity contribution is -0.385. The van der Waals surface area contributed by atoms with Gasteiger partial charge in [0.2, 0.25) is 0 Å². The van der Waals surface area contributed by atoms with Crippen molar-refractivity contribution in [3.05, 3.63) is 33.9 Å². The number of anilines is 1. The van der Waals surface area contributed by atoms with Crippen LogP contribution in [-0.4, -0.2) is 23.7 Å². The first-order valence-corrected chi connectivity index (χ1v) is 5.96. The third kappa shape index (κ3) is 4.23. The Labute approximate surface area is 112 Å². The number of nitrogens with zero attached hydrogens (tertiary/aromatic N) is 2. The molecule has 0 aromatic heterocycles. The first-order chi connectivity index (χ1) is 8.89. The first-order valence-electron chi connectivity index (χ1n) is 5.96. The van der Waals surface area contributed by atoms with Gasteiger partial charge in [-0.1, -0.05) is 0 Å². The molecule has 6 nitrogen and oxygen atoms in total. The summed E-state index contributed by atoms with van der Waals surface area (Å²) >= 11 is 0. The average molecular weight is 263 g/mol. The van der Waals surface area contributed by atoms with E-state index in [2.05, 4.69) is 5.32 Å². The molecule has 0 fully saturated rings. The van der Waals surface area contributed by atoms with Crippen molar-refractivity contribution >= 4 is 11.4 Å². The van der Waals surface area contributed by atoms with Crippen LogP contribution < -0.4 is 5.32 Å². The van der Waals surface area contributed by atoms with Crippen LogP contribution in [0.15, 0.2) is 18.2 Å². The Morgan fingerprint density at radius 2 is 2.21 bits per heavy atom. The van der Waals surface area contributed by atoms with Crippen molar-refractivity contribution in [2.45, 2.75) is 26.4 Å². The zero-order valence-corrected chi connectivity index (χ0v) is 11.3. The number of ether oxygens (including phenoxy) is 1. The van der Waals surface area contributed by atoms with E-state index in [9.17, 15) is 10.1 Å². The van der Waals surface area contributed by atoms with E-state index in [-0.39, 0.29) is 16.9 Å². The molecule has 0 saturated heterocycles. The zero-order valence-electron chi connectivity index (χ0n) is 11.3. The molecule has 0 spiro atoms. The van der Waals surface area contributed by atoms with Crippen molar-refractivity contribution in [2.24, 2.45) is 0 Å². The van der Waals surface area contributed by atoms with Crippen molar-refractivity contribution in [3.63, 3.8) is 0 Å². The smallest absolute Gasteiger partial charge is 0.287 e. The van der Waals surface area contributed by atoms with E-state index in [0.29, 0.717) is 18.8 Å². The van der Waals surface area contributed by atoms with E-state index >= 15 is 0 Å². The van der Waals surface area contributed by atoms with Gasteiger partial charge in [-0.05, 0) is 32.9 Å². The van der Waals surface area contributed by atoms with Gasteiger partial charge in [0.25, 0.3) is 5.69 Å². The van der Waals surface area contributed by atoms with E-state index in [1.165, 1.54) is 12.1 Å². The second-order valence-electron chi connectivity index (χ2n) is 4.65. The van der Waals surface area contributed by atoms with Crippen molar-refractivity contribution in [1.29, 1.82) is 5.26 Å². The van der Waals surface area contributed by atoms with Gasteiger partial charge in [-0.15, -0.1) is 0 Å². The maximum atomic E-state index is 10.7. The van der Waals surface area contributed by atoms with Gasteiger partial charge >= 0.3 is 0 Å². The summed E-state index contributed by atoms with van der Waals surface area (Å²) in [5.74, 6) is 0. The fraction of sp³-hybridized carbons (Fsp3) is 0.462. The van der Waals surface area contributed by atoms with Crippen LogP contribution in [0.25, 0.3) is 0 Å². The number of nitro groups is 1. The Kier molecular flexibility index (Phi) is 4.84. The number of hydrogen-bond donors (Lipinski definition) is 1. The predicted molar refractivity (Wildman–Crippen MR) is 72.0 cm³/mol. The number of hydrogen-bond acceptors (Lipinski definition) is 5. The van der Waals surface area contributed by atoms with Crippen LogP contribution in [0.1, 0.15) is 26.3 Å². The number of nitro benzene ring substituents is 1. The Bertz CT molecular complexity index is 506. The van der Waals surface area contributed by atoms with Crippen LogP contribution >= 0.6 is 0 Å². The van der Waals surface area contributed by atoms with Crippen molar-refractivity contribution < 1.29 is 9.66 Å². The summed E-state index contributed by atoms with van der Waals surface area (Å²) < 4.78 is 5.53. The molecular weight excluding hydrogens is 246 g/mol. The molecule has 1 rings (SSSR count). The monoisotopic (exact) mass is 263 g/mol. The fourth-order valence-electron chi connectivity index (χ4n) is 1.65. The van der Waals surface area contributed by atoms with Gasteiger partial charge in [-0.3, -0.25) is 10.1 Å². The molecule has 0 aliphatic carbocycles. The fourth-order valence-corrected chi connectivity index (χ4v) is 1.65. The van der Waals surface area contributed by atoms with Gasteiger partial charge in [-0.25, -0.2) is 0 Å². The van der Waals surface area contributed by atoms with Crippen molar-refractivity contribution in [2.75, 3.05) is 18.5 Å². The molecule has 0 heterocycles.